The molecule has 76 valence electrons. The van der Waals surface area contributed by atoms with E-state index in [4.69, 9.17) is 4.74 Å². The van der Waals surface area contributed by atoms with Gasteiger partial charge in [0.2, 0.25) is 0 Å². The van der Waals surface area contributed by atoms with E-state index in [1.165, 1.54) is 7.11 Å². The lowest BCUT2D eigenvalue weighted by atomic mass is 9.80. The number of carbonyl (C=O) groups excluding carboxylic acids is 1. The van der Waals surface area contributed by atoms with Crippen molar-refractivity contribution >= 4 is 5.97 Å². The van der Waals surface area contributed by atoms with Gasteiger partial charge in [0.15, 0.2) is 0 Å². The van der Waals surface area contributed by atoms with E-state index in [1.54, 1.807) is 0 Å². The van der Waals surface area contributed by atoms with Crippen LogP contribution in [0.25, 0.3) is 0 Å². The summed E-state index contributed by atoms with van der Waals surface area (Å²) in [6.07, 6.45) is 0.740. The highest BCUT2D eigenvalue weighted by atomic mass is 16.5. The molecule has 0 radical (unpaired) electrons. The summed E-state index contributed by atoms with van der Waals surface area (Å²) in [6.45, 7) is 3.90. The molecule has 0 saturated heterocycles. The highest BCUT2D eigenvalue weighted by Gasteiger charge is 2.33. The number of rotatable bonds is 3. The van der Waals surface area contributed by atoms with Crippen molar-refractivity contribution in [2.24, 2.45) is 0 Å². The molecule has 0 aliphatic rings. The van der Waals surface area contributed by atoms with Crippen molar-refractivity contribution in [3.05, 3.63) is 35.9 Å². The van der Waals surface area contributed by atoms with E-state index in [9.17, 15) is 4.79 Å². The van der Waals surface area contributed by atoms with E-state index in [2.05, 4.69) is 0 Å². The van der Waals surface area contributed by atoms with Crippen LogP contribution in [-0.4, -0.2) is 13.1 Å². The maximum Gasteiger partial charge on any atom is 0.315 e. The van der Waals surface area contributed by atoms with Crippen molar-refractivity contribution in [2.45, 2.75) is 25.7 Å². The molecular weight excluding hydrogens is 176 g/mol. The third-order valence-electron chi connectivity index (χ3n) is 2.75. The molecule has 2 nitrogen and oxygen atoms in total. The van der Waals surface area contributed by atoms with Gasteiger partial charge in [0.05, 0.1) is 12.5 Å². The number of esters is 1. The zero-order valence-electron chi connectivity index (χ0n) is 8.91. The Morgan fingerprint density at radius 2 is 1.93 bits per heavy atom. The van der Waals surface area contributed by atoms with Crippen molar-refractivity contribution in [3.63, 3.8) is 0 Å². The summed E-state index contributed by atoms with van der Waals surface area (Å²) in [6, 6.07) is 9.73. The van der Waals surface area contributed by atoms with Gasteiger partial charge in [0, 0.05) is 0 Å². The number of methoxy groups -OCH3 is 1. The van der Waals surface area contributed by atoms with E-state index in [1.807, 2.05) is 44.2 Å². The van der Waals surface area contributed by atoms with E-state index in [0.717, 1.165) is 12.0 Å². The Bertz CT molecular complexity index is 305. The smallest absolute Gasteiger partial charge is 0.315 e. The molecule has 0 saturated carbocycles. The highest BCUT2D eigenvalue weighted by molar-refractivity contribution is 5.82. The molecule has 0 bridgehead atoms. The molecule has 0 heterocycles. The lowest BCUT2D eigenvalue weighted by Crippen LogP contribution is -2.32. The van der Waals surface area contributed by atoms with Crippen LogP contribution < -0.4 is 0 Å². The largest absolute Gasteiger partial charge is 0.468 e. The molecule has 2 heteroatoms. The highest BCUT2D eigenvalue weighted by Crippen LogP contribution is 2.28. The van der Waals surface area contributed by atoms with Crippen LogP contribution in [0.5, 0.6) is 0 Å². The van der Waals surface area contributed by atoms with E-state index >= 15 is 0 Å². The minimum atomic E-state index is -0.518. The first-order valence-electron chi connectivity index (χ1n) is 4.79. The first kappa shape index (κ1) is 10.8. The molecule has 0 fully saturated rings. The third-order valence-corrected chi connectivity index (χ3v) is 2.75. The number of ether oxygens (including phenoxy) is 1. The zero-order chi connectivity index (χ0) is 10.6. The van der Waals surface area contributed by atoms with Gasteiger partial charge in [-0.15, -0.1) is 0 Å². The average Bonchev–Trinajstić information content (AvgIpc) is 2.28. The van der Waals surface area contributed by atoms with Gasteiger partial charge in [-0.1, -0.05) is 37.3 Å². The van der Waals surface area contributed by atoms with E-state index in [-0.39, 0.29) is 5.97 Å². The standard InChI is InChI=1S/C12H16O2/c1-4-12(2,11(13)14-3)10-8-6-5-7-9-10/h5-9H,4H2,1-3H3/t12-/m0/s1. The van der Waals surface area contributed by atoms with Crippen LogP contribution >= 0.6 is 0 Å². The SMILES string of the molecule is CC[C@](C)(C(=O)OC)c1ccccc1. The molecule has 1 rings (SSSR count). The molecule has 0 amide bonds. The van der Waals surface area contributed by atoms with Gasteiger partial charge in [-0.2, -0.15) is 0 Å². The first-order chi connectivity index (χ1) is 6.65. The predicted octanol–water partition coefficient (Wildman–Crippen LogP) is 2.53. The van der Waals surface area contributed by atoms with Crippen LogP contribution in [0.4, 0.5) is 0 Å². The maximum atomic E-state index is 11.6. The van der Waals surface area contributed by atoms with Crippen LogP contribution in [-0.2, 0) is 14.9 Å². The Hall–Kier alpha value is -1.31. The van der Waals surface area contributed by atoms with Gasteiger partial charge in [-0.3, -0.25) is 4.79 Å². The van der Waals surface area contributed by atoms with Crippen molar-refractivity contribution in [1.82, 2.24) is 0 Å². The van der Waals surface area contributed by atoms with Crippen molar-refractivity contribution < 1.29 is 9.53 Å². The van der Waals surface area contributed by atoms with Crippen LogP contribution in [0.1, 0.15) is 25.8 Å². The number of hydrogen-bond acceptors (Lipinski definition) is 2. The van der Waals surface area contributed by atoms with Gasteiger partial charge in [-0.05, 0) is 18.9 Å². The molecule has 1 atom stereocenters. The summed E-state index contributed by atoms with van der Waals surface area (Å²) in [5.74, 6) is -0.175. The Labute approximate surface area is 84.9 Å². The van der Waals surface area contributed by atoms with Crippen molar-refractivity contribution in [1.29, 1.82) is 0 Å². The fourth-order valence-electron chi connectivity index (χ4n) is 1.50. The predicted molar refractivity (Wildman–Crippen MR) is 56.1 cm³/mol. The van der Waals surface area contributed by atoms with Gasteiger partial charge < -0.3 is 4.74 Å². The molecule has 0 N–H and O–H groups in total. The molecule has 0 spiro atoms. The molecule has 14 heavy (non-hydrogen) atoms. The molecule has 1 aromatic carbocycles. The summed E-state index contributed by atoms with van der Waals surface area (Å²) < 4.78 is 4.82. The molecule has 0 aliphatic carbocycles. The van der Waals surface area contributed by atoms with Gasteiger partial charge in [0.1, 0.15) is 0 Å². The quantitative estimate of drug-likeness (QED) is 0.688. The summed E-state index contributed by atoms with van der Waals surface area (Å²) >= 11 is 0. The van der Waals surface area contributed by atoms with Crippen molar-refractivity contribution in [3.8, 4) is 0 Å². The van der Waals surface area contributed by atoms with Crippen molar-refractivity contribution in [2.75, 3.05) is 7.11 Å². The Kier molecular flexibility index (Phi) is 3.28. The topological polar surface area (TPSA) is 26.3 Å². The number of carbonyl (C=O) groups is 1. The van der Waals surface area contributed by atoms with Gasteiger partial charge >= 0.3 is 5.97 Å². The maximum absolute atomic E-state index is 11.6. The lowest BCUT2D eigenvalue weighted by Gasteiger charge is -2.25. The number of hydrogen-bond donors (Lipinski definition) is 0. The Morgan fingerprint density at radius 1 is 1.36 bits per heavy atom. The first-order valence-corrected chi connectivity index (χ1v) is 4.79. The fraction of sp³-hybridized carbons (Fsp3) is 0.417. The van der Waals surface area contributed by atoms with Crippen LogP contribution in [0, 0.1) is 0 Å². The van der Waals surface area contributed by atoms with E-state index in [0.29, 0.717) is 0 Å². The molecule has 0 unspecified atom stereocenters. The van der Waals surface area contributed by atoms with Crippen LogP contribution in [0.2, 0.25) is 0 Å². The Balaban J connectivity index is 3.08. The van der Waals surface area contributed by atoms with Crippen LogP contribution in [0.3, 0.4) is 0 Å². The Morgan fingerprint density at radius 3 is 2.36 bits per heavy atom. The molecule has 0 aromatic heterocycles. The summed E-state index contributed by atoms with van der Waals surface area (Å²) in [5.41, 5.74) is 0.491. The summed E-state index contributed by atoms with van der Waals surface area (Å²) in [5, 5.41) is 0. The average molecular weight is 192 g/mol. The zero-order valence-corrected chi connectivity index (χ0v) is 8.91. The molecular formula is C12H16O2. The molecule has 1 aromatic rings. The van der Waals surface area contributed by atoms with E-state index < -0.39 is 5.41 Å². The summed E-state index contributed by atoms with van der Waals surface area (Å²) in [4.78, 5) is 11.6. The second kappa shape index (κ2) is 4.27. The van der Waals surface area contributed by atoms with Crippen LogP contribution in [0.15, 0.2) is 30.3 Å². The second-order valence-corrected chi connectivity index (χ2v) is 3.54. The minimum Gasteiger partial charge on any atom is -0.468 e. The summed E-state index contributed by atoms with van der Waals surface area (Å²) in [7, 11) is 1.43. The third kappa shape index (κ3) is 1.79. The minimum absolute atomic E-state index is 0.175. The monoisotopic (exact) mass is 192 g/mol. The second-order valence-electron chi connectivity index (χ2n) is 3.54. The van der Waals surface area contributed by atoms with Gasteiger partial charge in [0.25, 0.3) is 0 Å². The number of benzene rings is 1. The molecule has 0 aliphatic heterocycles. The van der Waals surface area contributed by atoms with Gasteiger partial charge in [-0.25, -0.2) is 0 Å². The fourth-order valence-corrected chi connectivity index (χ4v) is 1.50. The lowest BCUT2D eigenvalue weighted by molar-refractivity contribution is -0.147. The normalized spacial score (nSPS) is 14.5.